The van der Waals surface area contributed by atoms with Gasteiger partial charge < -0.3 is 10.1 Å². The zero-order valence-electron chi connectivity index (χ0n) is 14.0. The number of hydrogen-bond acceptors (Lipinski definition) is 5. The molecule has 25 heavy (non-hydrogen) atoms. The summed E-state index contributed by atoms with van der Waals surface area (Å²) in [4.78, 5) is 20.2. The van der Waals surface area contributed by atoms with Crippen LogP contribution in [-0.4, -0.2) is 15.9 Å². The zero-order valence-corrected chi connectivity index (χ0v) is 14.0. The quantitative estimate of drug-likeness (QED) is 0.544. The molecule has 0 atom stereocenters. The molecule has 0 aliphatic heterocycles. The molecule has 0 unspecified atom stereocenters. The standard InChI is InChI=1S/C20H19N3O2/c1-15-13-19(22-14-21-15)23-17-8-10-18(11-9-17)25-20(24)12-7-16-5-3-2-4-6-16/h2-6,8-11,13-14H,7,12H2,1H3,(H,21,22,23). The molecule has 1 heterocycles. The van der Waals surface area contributed by atoms with Crippen molar-refractivity contribution in [2.75, 3.05) is 5.32 Å². The van der Waals surface area contributed by atoms with E-state index in [4.69, 9.17) is 4.74 Å². The van der Waals surface area contributed by atoms with Gasteiger partial charge >= 0.3 is 5.97 Å². The van der Waals surface area contributed by atoms with Crippen LogP contribution >= 0.6 is 0 Å². The van der Waals surface area contributed by atoms with E-state index < -0.39 is 0 Å². The molecule has 3 aromatic rings. The van der Waals surface area contributed by atoms with Gasteiger partial charge in [-0.25, -0.2) is 9.97 Å². The van der Waals surface area contributed by atoms with E-state index in [0.29, 0.717) is 18.6 Å². The van der Waals surface area contributed by atoms with Crippen molar-refractivity contribution in [2.24, 2.45) is 0 Å². The zero-order chi connectivity index (χ0) is 17.5. The van der Waals surface area contributed by atoms with E-state index in [1.165, 1.54) is 6.33 Å². The molecule has 5 nitrogen and oxygen atoms in total. The summed E-state index contributed by atoms with van der Waals surface area (Å²) in [5, 5.41) is 3.18. The molecule has 0 saturated heterocycles. The Kier molecular flexibility index (Phi) is 5.36. The van der Waals surface area contributed by atoms with Crippen LogP contribution in [0.1, 0.15) is 17.7 Å². The van der Waals surface area contributed by atoms with Gasteiger partial charge in [-0.1, -0.05) is 30.3 Å². The molecular formula is C20H19N3O2. The lowest BCUT2D eigenvalue weighted by molar-refractivity contribution is -0.134. The Morgan fingerprint density at radius 3 is 2.52 bits per heavy atom. The highest BCUT2D eigenvalue weighted by atomic mass is 16.5. The second-order valence-corrected chi connectivity index (χ2v) is 5.65. The Morgan fingerprint density at radius 1 is 1.04 bits per heavy atom. The number of ether oxygens (including phenoxy) is 1. The molecule has 0 aliphatic carbocycles. The number of aryl methyl sites for hydroxylation is 2. The van der Waals surface area contributed by atoms with Gasteiger partial charge in [0.1, 0.15) is 17.9 Å². The van der Waals surface area contributed by atoms with E-state index in [2.05, 4.69) is 15.3 Å². The van der Waals surface area contributed by atoms with E-state index in [0.717, 1.165) is 22.8 Å². The normalized spacial score (nSPS) is 10.3. The first-order chi connectivity index (χ1) is 12.2. The number of aromatic nitrogens is 2. The fourth-order valence-electron chi connectivity index (χ4n) is 2.35. The topological polar surface area (TPSA) is 64.1 Å². The maximum absolute atomic E-state index is 11.9. The minimum Gasteiger partial charge on any atom is -0.427 e. The minimum absolute atomic E-state index is 0.240. The van der Waals surface area contributed by atoms with Crippen molar-refractivity contribution in [3.8, 4) is 5.75 Å². The van der Waals surface area contributed by atoms with Crippen LogP contribution < -0.4 is 10.1 Å². The van der Waals surface area contributed by atoms with Crippen molar-refractivity contribution in [3.05, 3.63) is 78.2 Å². The Morgan fingerprint density at radius 2 is 1.80 bits per heavy atom. The number of carbonyl (C=O) groups is 1. The highest BCUT2D eigenvalue weighted by Crippen LogP contribution is 2.19. The number of anilines is 2. The number of nitrogens with one attached hydrogen (secondary N) is 1. The van der Waals surface area contributed by atoms with Gasteiger partial charge in [0, 0.05) is 23.9 Å². The number of carbonyl (C=O) groups excluding carboxylic acids is 1. The van der Waals surface area contributed by atoms with Crippen LogP contribution in [0.25, 0.3) is 0 Å². The molecule has 0 saturated carbocycles. The van der Waals surface area contributed by atoms with Gasteiger partial charge in [0.15, 0.2) is 0 Å². The van der Waals surface area contributed by atoms with E-state index in [1.807, 2.05) is 55.5 Å². The lowest BCUT2D eigenvalue weighted by atomic mass is 10.1. The molecule has 2 aromatic carbocycles. The fraction of sp³-hybridized carbons (Fsp3) is 0.150. The summed E-state index contributed by atoms with van der Waals surface area (Å²) in [5.41, 5.74) is 2.88. The minimum atomic E-state index is -0.240. The van der Waals surface area contributed by atoms with Gasteiger partial charge in [-0.15, -0.1) is 0 Å². The van der Waals surface area contributed by atoms with Crippen LogP contribution in [0.5, 0.6) is 5.75 Å². The van der Waals surface area contributed by atoms with E-state index >= 15 is 0 Å². The Bertz CT molecular complexity index is 833. The highest BCUT2D eigenvalue weighted by Gasteiger charge is 2.06. The third kappa shape index (κ3) is 5.14. The van der Waals surface area contributed by atoms with Gasteiger partial charge in [-0.2, -0.15) is 0 Å². The van der Waals surface area contributed by atoms with Crippen molar-refractivity contribution >= 4 is 17.5 Å². The van der Waals surface area contributed by atoms with E-state index in [9.17, 15) is 4.79 Å². The molecule has 0 radical (unpaired) electrons. The van der Waals surface area contributed by atoms with Crippen LogP contribution in [0, 0.1) is 6.92 Å². The monoisotopic (exact) mass is 333 g/mol. The molecule has 3 rings (SSSR count). The largest absolute Gasteiger partial charge is 0.427 e. The van der Waals surface area contributed by atoms with Crippen molar-refractivity contribution in [1.29, 1.82) is 0 Å². The number of rotatable bonds is 6. The molecule has 0 spiro atoms. The summed E-state index contributed by atoms with van der Waals surface area (Å²) in [6.07, 6.45) is 2.54. The van der Waals surface area contributed by atoms with Gasteiger partial charge in [0.2, 0.25) is 0 Å². The molecule has 5 heteroatoms. The summed E-state index contributed by atoms with van der Waals surface area (Å²) < 4.78 is 5.37. The Balaban J connectivity index is 1.52. The van der Waals surface area contributed by atoms with Crippen LogP contribution in [-0.2, 0) is 11.2 Å². The summed E-state index contributed by atoms with van der Waals surface area (Å²) in [5.74, 6) is 1.01. The highest BCUT2D eigenvalue weighted by molar-refractivity contribution is 5.73. The third-order valence-corrected chi connectivity index (χ3v) is 3.62. The average Bonchev–Trinajstić information content (AvgIpc) is 2.63. The van der Waals surface area contributed by atoms with Gasteiger partial charge in [-0.3, -0.25) is 4.79 Å². The number of hydrogen-bond donors (Lipinski definition) is 1. The SMILES string of the molecule is Cc1cc(Nc2ccc(OC(=O)CCc3ccccc3)cc2)ncn1. The first kappa shape index (κ1) is 16.6. The summed E-state index contributed by atoms with van der Waals surface area (Å²) >= 11 is 0. The average molecular weight is 333 g/mol. The van der Waals surface area contributed by atoms with Crippen molar-refractivity contribution in [1.82, 2.24) is 9.97 Å². The van der Waals surface area contributed by atoms with E-state index in [1.54, 1.807) is 12.1 Å². The van der Waals surface area contributed by atoms with Crippen molar-refractivity contribution in [2.45, 2.75) is 19.8 Å². The predicted octanol–water partition coefficient (Wildman–Crippen LogP) is 4.07. The van der Waals surface area contributed by atoms with Gasteiger partial charge in [0.05, 0.1) is 0 Å². The summed E-state index contributed by atoms with van der Waals surface area (Å²) in [6.45, 7) is 1.91. The number of benzene rings is 2. The summed E-state index contributed by atoms with van der Waals surface area (Å²) in [6, 6.07) is 19.0. The molecule has 126 valence electrons. The molecule has 0 bridgehead atoms. The molecule has 1 aromatic heterocycles. The Hall–Kier alpha value is -3.21. The maximum Gasteiger partial charge on any atom is 0.311 e. The lowest BCUT2D eigenvalue weighted by Gasteiger charge is -2.08. The Labute approximate surface area is 146 Å². The number of esters is 1. The third-order valence-electron chi connectivity index (χ3n) is 3.62. The lowest BCUT2D eigenvalue weighted by Crippen LogP contribution is -2.09. The van der Waals surface area contributed by atoms with Crippen LogP contribution in [0.4, 0.5) is 11.5 Å². The molecular weight excluding hydrogens is 314 g/mol. The summed E-state index contributed by atoms with van der Waals surface area (Å²) in [7, 11) is 0. The molecule has 1 N–H and O–H groups in total. The first-order valence-electron chi connectivity index (χ1n) is 8.09. The fourth-order valence-corrected chi connectivity index (χ4v) is 2.35. The maximum atomic E-state index is 11.9. The van der Waals surface area contributed by atoms with Gasteiger partial charge in [0.25, 0.3) is 0 Å². The first-order valence-corrected chi connectivity index (χ1v) is 8.09. The smallest absolute Gasteiger partial charge is 0.311 e. The number of nitrogens with zero attached hydrogens (tertiary/aromatic N) is 2. The second-order valence-electron chi connectivity index (χ2n) is 5.65. The molecule has 0 amide bonds. The van der Waals surface area contributed by atoms with Crippen LogP contribution in [0.15, 0.2) is 67.0 Å². The van der Waals surface area contributed by atoms with Crippen LogP contribution in [0.3, 0.4) is 0 Å². The van der Waals surface area contributed by atoms with Crippen LogP contribution in [0.2, 0.25) is 0 Å². The predicted molar refractivity (Wildman–Crippen MR) is 96.9 cm³/mol. The van der Waals surface area contributed by atoms with E-state index in [-0.39, 0.29) is 5.97 Å². The second kappa shape index (κ2) is 8.06. The molecule has 0 fully saturated rings. The van der Waals surface area contributed by atoms with Crippen molar-refractivity contribution < 1.29 is 9.53 Å². The van der Waals surface area contributed by atoms with Gasteiger partial charge in [-0.05, 0) is 43.2 Å². The van der Waals surface area contributed by atoms with Crippen molar-refractivity contribution in [3.63, 3.8) is 0 Å². The molecule has 0 aliphatic rings.